The minimum Gasteiger partial charge on any atom is -0.302 e. The third kappa shape index (κ3) is 4.41. The fourth-order valence-electron chi connectivity index (χ4n) is 4.30. The molecule has 0 unspecified atom stereocenters. The van der Waals surface area contributed by atoms with Crippen molar-refractivity contribution < 1.29 is 0 Å². The van der Waals surface area contributed by atoms with Gasteiger partial charge in [0.1, 0.15) is 0 Å². The molecule has 0 N–H and O–H groups in total. The third-order valence-corrected chi connectivity index (χ3v) is 6.09. The van der Waals surface area contributed by atoms with E-state index in [1.54, 1.807) is 21.6 Å². The van der Waals surface area contributed by atoms with Gasteiger partial charge in [0.05, 0.1) is 12.0 Å². The van der Waals surface area contributed by atoms with Gasteiger partial charge in [-0.3, -0.25) is 14.2 Å². The molecule has 7 heteroatoms. The SMILES string of the molecule is Cc1cc(=O)n(CCN2CCC(Cn3nc4c(cc3=O)CCCC4)CC2)cn1. The molecule has 0 saturated carbocycles. The summed E-state index contributed by atoms with van der Waals surface area (Å²) >= 11 is 0. The standard InChI is InChI=1S/C21H29N5O2/c1-16-12-20(27)25(15-22-16)11-10-24-8-6-17(7-9-24)14-26-21(28)13-18-4-2-3-5-19(18)23-26/h12-13,15,17H,2-11,14H2,1H3. The number of nitrogens with zero attached hydrogens (tertiary/aromatic N) is 5. The molecule has 1 aliphatic carbocycles. The first kappa shape index (κ1) is 19.1. The van der Waals surface area contributed by atoms with Crippen LogP contribution >= 0.6 is 0 Å². The van der Waals surface area contributed by atoms with Crippen LogP contribution < -0.4 is 11.1 Å². The van der Waals surface area contributed by atoms with E-state index >= 15 is 0 Å². The molecule has 0 atom stereocenters. The van der Waals surface area contributed by atoms with E-state index in [0.717, 1.165) is 68.8 Å². The molecular formula is C21H29N5O2. The fourth-order valence-corrected chi connectivity index (χ4v) is 4.30. The van der Waals surface area contributed by atoms with E-state index in [-0.39, 0.29) is 11.1 Å². The Balaban J connectivity index is 1.30. The van der Waals surface area contributed by atoms with Crippen LogP contribution in [0.25, 0.3) is 0 Å². The van der Waals surface area contributed by atoms with Gasteiger partial charge in [0, 0.05) is 37.5 Å². The highest BCUT2D eigenvalue weighted by molar-refractivity contribution is 5.20. The highest BCUT2D eigenvalue weighted by Crippen LogP contribution is 2.20. The average molecular weight is 383 g/mol. The van der Waals surface area contributed by atoms with Gasteiger partial charge in [0.15, 0.2) is 0 Å². The fraction of sp³-hybridized carbons (Fsp3) is 0.619. The first-order chi connectivity index (χ1) is 13.6. The minimum absolute atomic E-state index is 0.0141. The summed E-state index contributed by atoms with van der Waals surface area (Å²) in [5.41, 5.74) is 3.10. The summed E-state index contributed by atoms with van der Waals surface area (Å²) in [4.78, 5) is 31.0. The Morgan fingerprint density at radius 2 is 1.82 bits per heavy atom. The maximum Gasteiger partial charge on any atom is 0.267 e. The van der Waals surface area contributed by atoms with Crippen LogP contribution in [-0.4, -0.2) is 43.9 Å². The predicted molar refractivity (Wildman–Crippen MR) is 108 cm³/mol. The first-order valence-electron chi connectivity index (χ1n) is 10.4. The maximum absolute atomic E-state index is 12.4. The van der Waals surface area contributed by atoms with Gasteiger partial charge in [0.25, 0.3) is 11.1 Å². The molecule has 1 saturated heterocycles. The molecule has 2 aliphatic rings. The number of aryl methyl sites for hydroxylation is 3. The minimum atomic E-state index is 0.0141. The molecular weight excluding hydrogens is 354 g/mol. The molecule has 0 radical (unpaired) electrons. The smallest absolute Gasteiger partial charge is 0.267 e. The number of hydrogen-bond acceptors (Lipinski definition) is 5. The van der Waals surface area contributed by atoms with E-state index < -0.39 is 0 Å². The summed E-state index contributed by atoms with van der Waals surface area (Å²) in [6.07, 6.45) is 8.10. The maximum atomic E-state index is 12.4. The highest BCUT2D eigenvalue weighted by Gasteiger charge is 2.21. The first-order valence-corrected chi connectivity index (χ1v) is 10.4. The molecule has 4 rings (SSSR count). The number of fused-ring (bicyclic) bond motifs is 1. The summed E-state index contributed by atoms with van der Waals surface area (Å²) in [5, 5.41) is 4.66. The lowest BCUT2D eigenvalue weighted by atomic mass is 9.96. The Kier molecular flexibility index (Phi) is 5.71. The van der Waals surface area contributed by atoms with Gasteiger partial charge in [-0.15, -0.1) is 0 Å². The Bertz CT molecular complexity index is 941. The summed E-state index contributed by atoms with van der Waals surface area (Å²) in [5.74, 6) is 0.492. The molecule has 0 aromatic carbocycles. The molecule has 2 aromatic heterocycles. The molecule has 7 nitrogen and oxygen atoms in total. The normalized spacial score (nSPS) is 18.2. The topological polar surface area (TPSA) is 73.0 Å². The molecule has 0 spiro atoms. The number of rotatable bonds is 5. The number of likely N-dealkylation sites (tertiary alicyclic amines) is 1. The zero-order chi connectivity index (χ0) is 19.5. The Labute approximate surface area is 165 Å². The highest BCUT2D eigenvalue weighted by atomic mass is 16.1. The molecule has 3 heterocycles. The van der Waals surface area contributed by atoms with Gasteiger partial charge < -0.3 is 4.90 Å². The Morgan fingerprint density at radius 3 is 2.61 bits per heavy atom. The molecule has 2 aromatic rings. The van der Waals surface area contributed by atoms with Crippen molar-refractivity contribution in [3.8, 4) is 0 Å². The van der Waals surface area contributed by atoms with Gasteiger partial charge in [-0.1, -0.05) is 0 Å². The zero-order valence-corrected chi connectivity index (χ0v) is 16.6. The van der Waals surface area contributed by atoms with Crippen LogP contribution in [0, 0.1) is 12.8 Å². The summed E-state index contributed by atoms with van der Waals surface area (Å²) in [7, 11) is 0. The van der Waals surface area contributed by atoms with Crippen LogP contribution in [-0.2, 0) is 25.9 Å². The van der Waals surface area contributed by atoms with Gasteiger partial charge >= 0.3 is 0 Å². The lowest BCUT2D eigenvalue weighted by Gasteiger charge is -2.32. The molecule has 0 amide bonds. The molecule has 0 bridgehead atoms. The number of hydrogen-bond donors (Lipinski definition) is 0. The van der Waals surface area contributed by atoms with Crippen molar-refractivity contribution in [1.82, 2.24) is 24.2 Å². The summed E-state index contributed by atoms with van der Waals surface area (Å²) < 4.78 is 3.37. The lowest BCUT2D eigenvalue weighted by molar-refractivity contribution is 0.164. The largest absolute Gasteiger partial charge is 0.302 e. The summed E-state index contributed by atoms with van der Waals surface area (Å²) in [6.45, 7) is 6.08. The van der Waals surface area contributed by atoms with E-state index in [0.29, 0.717) is 12.5 Å². The monoisotopic (exact) mass is 383 g/mol. The van der Waals surface area contributed by atoms with E-state index in [1.165, 1.54) is 12.8 Å². The summed E-state index contributed by atoms with van der Waals surface area (Å²) in [6, 6.07) is 3.39. The third-order valence-electron chi connectivity index (χ3n) is 6.09. The van der Waals surface area contributed by atoms with Gasteiger partial charge in [0.2, 0.25) is 0 Å². The van der Waals surface area contributed by atoms with E-state index in [9.17, 15) is 9.59 Å². The average Bonchev–Trinajstić information content (AvgIpc) is 2.69. The Morgan fingerprint density at radius 1 is 1.04 bits per heavy atom. The van der Waals surface area contributed by atoms with Crippen LogP contribution in [0.15, 0.2) is 28.0 Å². The second-order valence-corrected chi connectivity index (χ2v) is 8.19. The van der Waals surface area contributed by atoms with E-state index in [2.05, 4.69) is 15.0 Å². The van der Waals surface area contributed by atoms with Gasteiger partial charge in [-0.25, -0.2) is 9.67 Å². The van der Waals surface area contributed by atoms with Crippen molar-refractivity contribution >= 4 is 0 Å². The van der Waals surface area contributed by atoms with Crippen LogP contribution in [0.2, 0.25) is 0 Å². The van der Waals surface area contributed by atoms with Crippen LogP contribution in [0.3, 0.4) is 0 Å². The second kappa shape index (κ2) is 8.39. The Hall–Kier alpha value is -2.28. The van der Waals surface area contributed by atoms with E-state index in [1.807, 2.05) is 13.0 Å². The molecule has 150 valence electrons. The van der Waals surface area contributed by atoms with Crippen molar-refractivity contribution in [3.05, 3.63) is 56.1 Å². The molecule has 1 fully saturated rings. The van der Waals surface area contributed by atoms with Crippen molar-refractivity contribution in [2.45, 2.75) is 58.5 Å². The molecule has 28 heavy (non-hydrogen) atoms. The predicted octanol–water partition coefficient (Wildman–Crippen LogP) is 1.40. The van der Waals surface area contributed by atoms with Gasteiger partial charge in [-0.2, -0.15) is 5.10 Å². The quantitative estimate of drug-likeness (QED) is 0.780. The van der Waals surface area contributed by atoms with E-state index in [4.69, 9.17) is 0 Å². The molecule has 1 aliphatic heterocycles. The van der Waals surface area contributed by atoms with Crippen LogP contribution in [0.5, 0.6) is 0 Å². The van der Waals surface area contributed by atoms with Gasteiger partial charge in [-0.05, 0) is 70.0 Å². The van der Waals surface area contributed by atoms with Crippen molar-refractivity contribution in [3.63, 3.8) is 0 Å². The zero-order valence-electron chi connectivity index (χ0n) is 16.6. The number of piperidine rings is 1. The lowest BCUT2D eigenvalue weighted by Crippen LogP contribution is -2.39. The number of aromatic nitrogens is 4. The van der Waals surface area contributed by atoms with Crippen LogP contribution in [0.1, 0.15) is 42.6 Å². The van der Waals surface area contributed by atoms with Crippen molar-refractivity contribution in [2.75, 3.05) is 19.6 Å². The van der Waals surface area contributed by atoms with Crippen molar-refractivity contribution in [2.24, 2.45) is 5.92 Å². The second-order valence-electron chi connectivity index (χ2n) is 8.19. The van der Waals surface area contributed by atoms with Crippen molar-refractivity contribution in [1.29, 1.82) is 0 Å². The van der Waals surface area contributed by atoms with Crippen LogP contribution in [0.4, 0.5) is 0 Å².